The Balaban J connectivity index is 1.83. The highest BCUT2D eigenvalue weighted by molar-refractivity contribution is 7.96. The number of carbonyl (C=O) groups excluding carboxylic acids is 4. The van der Waals surface area contributed by atoms with E-state index in [1.165, 1.54) is 24.0 Å². The number of Topliss-reactive ketones (excluding diaryl/α,β-unsaturated/α-hetero) is 1. The number of nitrogens with zero attached hydrogens (tertiary/aromatic N) is 1. The normalized spacial score (nSPS) is 16.8. The van der Waals surface area contributed by atoms with E-state index in [-0.39, 0.29) is 34.7 Å². The lowest BCUT2D eigenvalue weighted by molar-refractivity contribution is -0.157. The molecule has 1 fully saturated rings. The molecule has 2 heterocycles. The number of benzene rings is 3. The van der Waals surface area contributed by atoms with Crippen LogP contribution >= 0.6 is 18.2 Å². The largest absolute Gasteiger partial charge is 0.457 e. The van der Waals surface area contributed by atoms with Crippen LogP contribution in [0.5, 0.6) is 0 Å². The number of nitrogens with two attached hydrogens (primary N) is 1. The number of carbonyl (C=O) groups is 4. The Morgan fingerprint density at radius 2 is 1.49 bits per heavy atom. The Bertz CT molecular complexity index is 1680. The third-order valence-electron chi connectivity index (χ3n) is 7.84. The van der Waals surface area contributed by atoms with Crippen molar-refractivity contribution in [3.05, 3.63) is 126 Å². The summed E-state index contributed by atoms with van der Waals surface area (Å²) in [5.41, 5.74) is 5.79. The van der Waals surface area contributed by atoms with E-state index >= 15 is 0 Å². The molecular weight excluding hydrogens is 607 g/mol. The van der Waals surface area contributed by atoms with Crippen LogP contribution in [0.25, 0.3) is 0 Å². The molecule has 3 atom stereocenters. The monoisotopic (exact) mass is 640 g/mol. The maximum atomic E-state index is 14.4. The fourth-order valence-electron chi connectivity index (χ4n) is 5.86. The minimum atomic E-state index is -3.18. The maximum Gasteiger partial charge on any atom is 0.356 e. The third-order valence-corrected chi connectivity index (χ3v) is 13.0. The molecule has 3 aromatic carbocycles. The molecular formula is C35H33N2O6PS. The van der Waals surface area contributed by atoms with Gasteiger partial charge < -0.3 is 20.5 Å². The average Bonchev–Trinajstić information content (AvgIpc) is 3.56. The predicted octanol–water partition coefficient (Wildman–Crippen LogP) is 3.48. The van der Waals surface area contributed by atoms with Gasteiger partial charge >= 0.3 is 5.97 Å². The van der Waals surface area contributed by atoms with Crippen LogP contribution in [0.1, 0.15) is 33.4 Å². The van der Waals surface area contributed by atoms with Crippen LogP contribution in [0.3, 0.4) is 0 Å². The summed E-state index contributed by atoms with van der Waals surface area (Å²) in [5, 5.41) is 14.7. The van der Waals surface area contributed by atoms with Gasteiger partial charge in [0.1, 0.15) is 12.0 Å². The number of esters is 1. The molecule has 1 aromatic heterocycles. The van der Waals surface area contributed by atoms with E-state index in [1.807, 2.05) is 91.0 Å². The first-order valence-corrected chi connectivity index (χ1v) is 17.0. The number of hydrogen-bond acceptors (Lipinski definition) is 7. The van der Waals surface area contributed by atoms with Crippen molar-refractivity contribution < 1.29 is 29.0 Å². The quantitative estimate of drug-likeness (QED) is 0.0803. The van der Waals surface area contributed by atoms with Gasteiger partial charge in [0.25, 0.3) is 5.91 Å². The Morgan fingerprint density at radius 3 is 1.91 bits per heavy atom. The molecule has 8 nitrogen and oxygen atoms in total. The number of primary amides is 1. The van der Waals surface area contributed by atoms with Gasteiger partial charge in [0.2, 0.25) is 5.91 Å². The molecule has 230 valence electrons. The summed E-state index contributed by atoms with van der Waals surface area (Å²) < 4.78 is 5.74. The smallest absolute Gasteiger partial charge is 0.356 e. The van der Waals surface area contributed by atoms with Crippen molar-refractivity contribution in [3.63, 3.8) is 0 Å². The summed E-state index contributed by atoms with van der Waals surface area (Å²) in [6.07, 6.45) is 0.152. The number of aliphatic hydroxyl groups is 1. The minimum Gasteiger partial charge on any atom is -0.457 e. The van der Waals surface area contributed by atoms with Crippen LogP contribution in [0.15, 0.2) is 115 Å². The Labute approximate surface area is 265 Å². The summed E-state index contributed by atoms with van der Waals surface area (Å²) >= 11 is 1.05. The lowest BCUT2D eigenvalue weighted by Crippen LogP contribution is -2.68. The Morgan fingerprint density at radius 1 is 0.978 bits per heavy atom. The van der Waals surface area contributed by atoms with Crippen molar-refractivity contribution in [2.45, 2.75) is 25.5 Å². The van der Waals surface area contributed by atoms with Gasteiger partial charge in [-0.15, -0.1) is 11.3 Å². The standard InChI is InChI=1S/C35H33N2O6PS/c1-3-19-43-35(42)34(37-28(31(23(2)38)33(37)41)21-29(39)24-20-30(32(36)40)45-22-24)44(25-13-7-4-8-14-25,26-15-9-5-10-16-26)27-17-11-6-12-18-27/h3-18,20,22-23,28,31,38H,1,19,21H2,2H3,(H2,36,40)/t23-,28-,31-/m1/s1. The number of rotatable bonds is 12. The second kappa shape index (κ2) is 13.6. The molecule has 1 aliphatic heterocycles. The number of hydrogen-bond donors (Lipinski definition) is 2. The van der Waals surface area contributed by atoms with Gasteiger partial charge in [-0.2, -0.15) is 0 Å². The summed E-state index contributed by atoms with van der Waals surface area (Å²) in [5.74, 6) is -3.15. The molecule has 0 spiro atoms. The van der Waals surface area contributed by atoms with Gasteiger partial charge in [-0.1, -0.05) is 104 Å². The van der Waals surface area contributed by atoms with E-state index in [0.717, 1.165) is 27.3 Å². The zero-order valence-electron chi connectivity index (χ0n) is 24.6. The predicted molar refractivity (Wildman–Crippen MR) is 179 cm³/mol. The summed E-state index contributed by atoms with van der Waals surface area (Å²) in [4.78, 5) is 55.5. The van der Waals surface area contributed by atoms with Crippen LogP contribution in [-0.4, -0.2) is 57.7 Å². The maximum absolute atomic E-state index is 14.4. The third kappa shape index (κ3) is 5.94. The minimum absolute atomic E-state index is 0.100. The second-order valence-electron chi connectivity index (χ2n) is 10.6. The molecule has 1 saturated heterocycles. The molecule has 2 amide bonds. The highest BCUT2D eigenvalue weighted by atomic mass is 32.1. The summed E-state index contributed by atoms with van der Waals surface area (Å²) in [7, 11) is 0. The van der Waals surface area contributed by atoms with Crippen molar-refractivity contribution in [1.29, 1.82) is 0 Å². The van der Waals surface area contributed by atoms with Crippen molar-refractivity contribution in [3.8, 4) is 0 Å². The molecule has 0 bridgehead atoms. The number of ketones is 1. The topological polar surface area (TPSA) is 127 Å². The van der Waals surface area contributed by atoms with Crippen LogP contribution in [0.4, 0.5) is 0 Å². The van der Waals surface area contributed by atoms with Crippen molar-refractivity contribution >= 4 is 63.1 Å². The van der Waals surface area contributed by atoms with E-state index < -0.39 is 42.7 Å². The van der Waals surface area contributed by atoms with Gasteiger partial charge in [0.05, 0.1) is 22.9 Å². The first kappa shape index (κ1) is 31.9. The van der Waals surface area contributed by atoms with Gasteiger partial charge in [-0.3, -0.25) is 14.4 Å². The van der Waals surface area contributed by atoms with Gasteiger partial charge in [0.15, 0.2) is 5.78 Å². The van der Waals surface area contributed by atoms with E-state index in [1.54, 1.807) is 5.38 Å². The molecule has 0 radical (unpaired) electrons. The summed E-state index contributed by atoms with van der Waals surface area (Å²) in [6.45, 7) is 1.91. The fraction of sp³-hybridized carbons (Fsp3) is 0.171. The van der Waals surface area contributed by atoms with Crippen LogP contribution in [0.2, 0.25) is 0 Å². The fourth-order valence-corrected chi connectivity index (χ4v) is 11.0. The van der Waals surface area contributed by atoms with Gasteiger partial charge in [-0.05, 0) is 28.9 Å². The molecule has 45 heavy (non-hydrogen) atoms. The highest BCUT2D eigenvalue weighted by Gasteiger charge is 2.55. The molecule has 1 aliphatic rings. The van der Waals surface area contributed by atoms with E-state index in [0.29, 0.717) is 0 Å². The Hall–Kier alpha value is -4.56. The van der Waals surface area contributed by atoms with Crippen LogP contribution in [0, 0.1) is 5.92 Å². The first-order valence-electron chi connectivity index (χ1n) is 14.4. The van der Waals surface area contributed by atoms with Crippen LogP contribution < -0.4 is 21.6 Å². The molecule has 3 N–H and O–H groups in total. The zero-order chi connectivity index (χ0) is 32.1. The number of likely N-dealkylation sites (tertiary alicyclic amines) is 1. The molecule has 0 unspecified atom stereocenters. The van der Waals surface area contributed by atoms with Crippen molar-refractivity contribution in [2.75, 3.05) is 6.61 Å². The van der Waals surface area contributed by atoms with Gasteiger partial charge in [-0.25, -0.2) is 4.79 Å². The van der Waals surface area contributed by atoms with Gasteiger partial charge in [0, 0.05) is 24.3 Å². The SMILES string of the molecule is C=CCOC(=O)C(N1C(=O)[C@H]([C@@H](C)O)[C@H]1CC(=O)c1csc(C(N)=O)c1)=P(c1ccccc1)(c1ccccc1)c1ccccc1. The average molecular weight is 641 g/mol. The number of amides is 2. The number of ether oxygens (including phenoxy) is 1. The van der Waals surface area contributed by atoms with E-state index in [9.17, 15) is 24.3 Å². The van der Waals surface area contributed by atoms with Crippen molar-refractivity contribution in [1.82, 2.24) is 4.90 Å². The molecule has 0 aliphatic carbocycles. The number of aliphatic hydroxyl groups excluding tert-OH is 1. The molecule has 10 heteroatoms. The summed E-state index contributed by atoms with van der Waals surface area (Å²) in [6, 6.07) is 29.1. The van der Waals surface area contributed by atoms with E-state index in [2.05, 4.69) is 6.58 Å². The number of thiophene rings is 1. The first-order chi connectivity index (χ1) is 21.7. The zero-order valence-corrected chi connectivity index (χ0v) is 26.3. The molecule has 0 saturated carbocycles. The van der Waals surface area contributed by atoms with E-state index in [4.69, 9.17) is 10.5 Å². The molecule has 4 aromatic rings. The lowest BCUT2D eigenvalue weighted by atomic mass is 9.80. The Kier molecular flexibility index (Phi) is 9.63. The van der Waals surface area contributed by atoms with Crippen LogP contribution in [-0.2, 0) is 14.3 Å². The molecule has 5 rings (SSSR count). The second-order valence-corrected chi connectivity index (χ2v) is 14.8. The van der Waals surface area contributed by atoms with Crippen molar-refractivity contribution in [2.24, 2.45) is 11.7 Å². The lowest BCUT2D eigenvalue weighted by Gasteiger charge is -2.50. The highest BCUT2D eigenvalue weighted by Crippen LogP contribution is 2.50. The number of β-lactam (4-membered cyclic amide) rings is 1.